The molecule has 0 heterocycles. The third kappa shape index (κ3) is 1.65. The molecular formula is C5H5F6O. The third-order valence-electron chi connectivity index (χ3n) is 1.27. The molecule has 7 heteroatoms. The largest absolute Gasteiger partial charge is 0.451 e. The fraction of sp³-hybridized carbons (Fsp3) is 1.00. The average Bonchev–Trinajstić information content (AvgIpc) is 1.85. The molecule has 0 aliphatic rings. The fourth-order valence-electron chi connectivity index (χ4n) is 0.435. The number of alkyl halides is 6. The summed E-state index contributed by atoms with van der Waals surface area (Å²) in [4.78, 5) is 0. The summed E-state index contributed by atoms with van der Waals surface area (Å²) in [7, 11) is 0. The average molecular weight is 195 g/mol. The van der Waals surface area contributed by atoms with Gasteiger partial charge in [0.15, 0.2) is 0 Å². The zero-order valence-electron chi connectivity index (χ0n) is 5.88. The molecule has 0 saturated heterocycles. The van der Waals surface area contributed by atoms with Crippen molar-refractivity contribution in [2.45, 2.75) is 31.3 Å². The van der Waals surface area contributed by atoms with Crippen molar-refractivity contribution in [3.05, 3.63) is 0 Å². The van der Waals surface area contributed by atoms with Crippen molar-refractivity contribution in [1.82, 2.24) is 0 Å². The molecule has 0 aliphatic heterocycles. The molecule has 0 unspecified atom stereocenters. The molecule has 0 aromatic rings. The van der Waals surface area contributed by atoms with Crippen LogP contribution >= 0.6 is 0 Å². The summed E-state index contributed by atoms with van der Waals surface area (Å²) in [5.74, 6) is -10.8. The maximum Gasteiger partial charge on any atom is 0.451 e. The lowest BCUT2D eigenvalue weighted by Gasteiger charge is -2.27. The minimum atomic E-state index is -5.95. The maximum atomic E-state index is 12.0. The Morgan fingerprint density at radius 1 is 1.00 bits per heavy atom. The molecule has 0 bridgehead atoms. The van der Waals surface area contributed by atoms with Crippen LogP contribution in [-0.4, -0.2) is 18.0 Å². The van der Waals surface area contributed by atoms with Crippen LogP contribution in [0.15, 0.2) is 0 Å². The third-order valence-corrected chi connectivity index (χ3v) is 1.27. The van der Waals surface area contributed by atoms with Gasteiger partial charge in [-0.3, -0.25) is 0 Å². The molecular weight excluding hydrogens is 190 g/mol. The van der Waals surface area contributed by atoms with Crippen LogP contribution in [0.25, 0.3) is 0 Å². The monoisotopic (exact) mass is 195 g/mol. The van der Waals surface area contributed by atoms with E-state index in [1.165, 1.54) is 0 Å². The number of rotatable bonds is 3. The summed E-state index contributed by atoms with van der Waals surface area (Å²) in [5.41, 5.74) is 0. The standard InChI is InChI=1S/C5H5F6O/c1-2-3(6,7)4(8,9)5(10,11)12/h2H2,1H3. The summed E-state index contributed by atoms with van der Waals surface area (Å²) in [6.45, 7) is 0.583. The second kappa shape index (κ2) is 2.79. The zero-order valence-corrected chi connectivity index (χ0v) is 5.88. The van der Waals surface area contributed by atoms with E-state index in [-0.39, 0.29) is 0 Å². The van der Waals surface area contributed by atoms with Crippen LogP contribution in [-0.2, 0) is 5.11 Å². The molecule has 0 N–H and O–H groups in total. The van der Waals surface area contributed by atoms with Crippen LogP contribution in [0.2, 0.25) is 0 Å². The van der Waals surface area contributed by atoms with Gasteiger partial charge in [-0.25, -0.2) is 0 Å². The van der Waals surface area contributed by atoms with E-state index in [0.717, 1.165) is 0 Å². The molecule has 0 fully saturated rings. The molecule has 12 heavy (non-hydrogen) atoms. The van der Waals surface area contributed by atoms with E-state index in [9.17, 15) is 31.4 Å². The first kappa shape index (κ1) is 11.5. The number of hydrogen-bond donors (Lipinski definition) is 0. The SMILES string of the molecule is CCC(F)(F)C(F)(F)C([O])(F)F. The Kier molecular flexibility index (Phi) is 2.68. The van der Waals surface area contributed by atoms with E-state index in [1.54, 1.807) is 0 Å². The Bertz CT molecular complexity index is 160. The lowest BCUT2D eigenvalue weighted by atomic mass is 10.1. The number of halogens is 6. The maximum absolute atomic E-state index is 12.0. The second-order valence-electron chi connectivity index (χ2n) is 2.15. The first-order chi connectivity index (χ1) is 5.06. The topological polar surface area (TPSA) is 19.9 Å². The predicted molar refractivity (Wildman–Crippen MR) is 25.8 cm³/mol. The highest BCUT2D eigenvalue weighted by atomic mass is 19.3. The zero-order chi connectivity index (χ0) is 10.2. The van der Waals surface area contributed by atoms with Gasteiger partial charge in [-0.1, -0.05) is 6.92 Å². The van der Waals surface area contributed by atoms with Crippen molar-refractivity contribution in [2.75, 3.05) is 0 Å². The molecule has 1 radical (unpaired) electrons. The molecule has 0 atom stereocenters. The van der Waals surface area contributed by atoms with Crippen LogP contribution in [0.5, 0.6) is 0 Å². The van der Waals surface area contributed by atoms with Gasteiger partial charge < -0.3 is 0 Å². The van der Waals surface area contributed by atoms with Crippen LogP contribution in [0, 0.1) is 0 Å². The molecule has 0 spiro atoms. The van der Waals surface area contributed by atoms with E-state index >= 15 is 0 Å². The highest BCUT2D eigenvalue weighted by Crippen LogP contribution is 2.45. The lowest BCUT2D eigenvalue weighted by molar-refractivity contribution is -0.404. The van der Waals surface area contributed by atoms with Gasteiger partial charge in [0.1, 0.15) is 0 Å². The fourth-order valence-corrected chi connectivity index (χ4v) is 0.435. The van der Waals surface area contributed by atoms with E-state index in [2.05, 4.69) is 0 Å². The summed E-state index contributed by atoms with van der Waals surface area (Å²) in [5, 5.41) is 9.37. The van der Waals surface area contributed by atoms with Crippen LogP contribution in [0.3, 0.4) is 0 Å². The Hall–Kier alpha value is -0.460. The highest BCUT2D eigenvalue weighted by molar-refractivity contribution is 4.89. The lowest BCUT2D eigenvalue weighted by Crippen LogP contribution is -2.53. The Balaban J connectivity index is 4.85. The first-order valence-corrected chi connectivity index (χ1v) is 2.90. The Labute approximate surface area is 64.0 Å². The predicted octanol–water partition coefficient (Wildman–Crippen LogP) is 2.69. The van der Waals surface area contributed by atoms with Crippen molar-refractivity contribution in [3.63, 3.8) is 0 Å². The van der Waals surface area contributed by atoms with Gasteiger partial charge in [-0.15, -0.1) is 0 Å². The first-order valence-electron chi connectivity index (χ1n) is 2.90. The summed E-state index contributed by atoms with van der Waals surface area (Å²) in [6, 6.07) is 0. The van der Waals surface area contributed by atoms with E-state index in [1.807, 2.05) is 0 Å². The van der Waals surface area contributed by atoms with Gasteiger partial charge in [0, 0.05) is 6.42 Å². The number of hydrogen-bond acceptors (Lipinski definition) is 0. The van der Waals surface area contributed by atoms with Crippen molar-refractivity contribution in [2.24, 2.45) is 0 Å². The van der Waals surface area contributed by atoms with Gasteiger partial charge in [-0.05, 0) is 0 Å². The molecule has 0 aliphatic carbocycles. The Morgan fingerprint density at radius 2 is 1.33 bits per heavy atom. The molecule has 0 rings (SSSR count). The normalized spacial score (nSPS) is 15.0. The molecule has 0 amide bonds. The highest BCUT2D eigenvalue weighted by Gasteiger charge is 2.71. The van der Waals surface area contributed by atoms with Crippen molar-refractivity contribution >= 4 is 0 Å². The van der Waals surface area contributed by atoms with Gasteiger partial charge in [-0.2, -0.15) is 31.4 Å². The van der Waals surface area contributed by atoms with Gasteiger partial charge in [0.2, 0.25) is 0 Å². The van der Waals surface area contributed by atoms with Crippen molar-refractivity contribution in [3.8, 4) is 0 Å². The summed E-state index contributed by atoms with van der Waals surface area (Å²) < 4.78 is 70.6. The molecule has 0 aromatic carbocycles. The molecule has 1 nitrogen and oxygen atoms in total. The van der Waals surface area contributed by atoms with Gasteiger partial charge in [0.05, 0.1) is 0 Å². The van der Waals surface area contributed by atoms with Gasteiger partial charge in [0.25, 0.3) is 0 Å². The van der Waals surface area contributed by atoms with E-state index in [0.29, 0.717) is 6.92 Å². The molecule has 0 aromatic heterocycles. The van der Waals surface area contributed by atoms with E-state index < -0.39 is 24.4 Å². The van der Waals surface area contributed by atoms with Gasteiger partial charge >= 0.3 is 18.0 Å². The Morgan fingerprint density at radius 3 is 1.42 bits per heavy atom. The summed E-state index contributed by atoms with van der Waals surface area (Å²) >= 11 is 0. The van der Waals surface area contributed by atoms with Crippen LogP contribution < -0.4 is 0 Å². The van der Waals surface area contributed by atoms with Crippen molar-refractivity contribution < 1.29 is 31.4 Å². The quantitative estimate of drug-likeness (QED) is 0.617. The smallest absolute Gasteiger partial charge is 0.200 e. The molecule has 73 valence electrons. The van der Waals surface area contributed by atoms with Crippen LogP contribution in [0.1, 0.15) is 13.3 Å². The van der Waals surface area contributed by atoms with Crippen LogP contribution in [0.4, 0.5) is 26.3 Å². The summed E-state index contributed by atoms with van der Waals surface area (Å²) in [6.07, 6.45) is -7.47. The minimum absolute atomic E-state index is 0.583. The molecule has 0 saturated carbocycles. The van der Waals surface area contributed by atoms with Crippen molar-refractivity contribution in [1.29, 1.82) is 0 Å². The van der Waals surface area contributed by atoms with E-state index in [4.69, 9.17) is 0 Å². The second-order valence-corrected chi connectivity index (χ2v) is 2.15. The minimum Gasteiger partial charge on any atom is -0.200 e.